The highest BCUT2D eigenvalue weighted by atomic mass is 35.5. The minimum atomic E-state index is -0.437. The Hall–Kier alpha value is -3.69. The molecule has 1 amide bonds. The molecule has 3 aromatic heterocycles. The average molecular weight is 603 g/mol. The van der Waals surface area contributed by atoms with E-state index >= 15 is 0 Å². The molecule has 4 aromatic rings. The molecule has 1 fully saturated rings. The minimum Gasteiger partial charge on any atom is -0.349 e. The summed E-state index contributed by atoms with van der Waals surface area (Å²) in [6, 6.07) is 13.6. The Morgan fingerprint density at radius 3 is 2.55 bits per heavy atom. The van der Waals surface area contributed by atoms with Gasteiger partial charge in [0, 0.05) is 42.7 Å². The van der Waals surface area contributed by atoms with Crippen molar-refractivity contribution in [3.63, 3.8) is 0 Å². The first kappa shape index (κ1) is 29.8. The molecule has 1 aliphatic rings. The summed E-state index contributed by atoms with van der Waals surface area (Å²) in [6.07, 6.45) is 5.61. The second-order valence-electron chi connectivity index (χ2n) is 11.0. The Bertz CT molecular complexity index is 1710. The molecule has 42 heavy (non-hydrogen) atoms. The van der Waals surface area contributed by atoms with Gasteiger partial charge in [0.2, 0.25) is 5.91 Å². The summed E-state index contributed by atoms with van der Waals surface area (Å²) < 4.78 is 1.60. The summed E-state index contributed by atoms with van der Waals surface area (Å²) in [4.78, 5) is 45.9. The maximum Gasteiger partial charge on any atom is 0.355 e. The number of anilines is 1. The van der Waals surface area contributed by atoms with E-state index in [2.05, 4.69) is 35.3 Å². The van der Waals surface area contributed by atoms with Crippen LogP contribution >= 0.6 is 23.4 Å². The number of rotatable bonds is 7. The van der Waals surface area contributed by atoms with Crippen LogP contribution in [0.4, 0.5) is 5.82 Å². The first-order chi connectivity index (χ1) is 20.1. The Labute approximate surface area is 255 Å². The van der Waals surface area contributed by atoms with Crippen molar-refractivity contribution < 1.29 is 4.79 Å². The maximum atomic E-state index is 14.1. The summed E-state index contributed by atoms with van der Waals surface area (Å²) >= 11 is 8.46. The van der Waals surface area contributed by atoms with Gasteiger partial charge in [0.25, 0.3) is 0 Å². The van der Waals surface area contributed by atoms with Gasteiger partial charge in [0.15, 0.2) is 5.65 Å². The molecule has 2 atom stereocenters. The molecular formula is C32H35ClN6O2S. The van der Waals surface area contributed by atoms with Crippen molar-refractivity contribution in [2.75, 3.05) is 24.2 Å². The molecular weight excluding hydrogens is 568 g/mol. The third-order valence-electron chi connectivity index (χ3n) is 7.71. The summed E-state index contributed by atoms with van der Waals surface area (Å²) in [5, 5.41) is 1.17. The summed E-state index contributed by atoms with van der Waals surface area (Å²) in [7, 11) is 0. The normalized spacial score (nSPS) is 17.2. The van der Waals surface area contributed by atoms with Crippen LogP contribution in [-0.4, -0.2) is 61.8 Å². The summed E-state index contributed by atoms with van der Waals surface area (Å²) in [5.41, 5.74) is 3.26. The SMILES string of the molecule is C=CC(=O)N1C[C@H](C)N(c2nc(=O)n(-c3c(SC)ccnc3C(C)C)c3nc(Cc4ccccc4)c(Cl)cc23)C[C@H]1C. The first-order valence-electron chi connectivity index (χ1n) is 14.0. The molecule has 218 valence electrons. The molecule has 0 spiro atoms. The lowest BCUT2D eigenvalue weighted by Gasteiger charge is -2.44. The van der Waals surface area contributed by atoms with Gasteiger partial charge in [-0.05, 0) is 49.8 Å². The van der Waals surface area contributed by atoms with Crippen molar-refractivity contribution in [1.29, 1.82) is 0 Å². The highest BCUT2D eigenvalue weighted by molar-refractivity contribution is 7.98. The van der Waals surface area contributed by atoms with E-state index in [4.69, 9.17) is 16.6 Å². The maximum absolute atomic E-state index is 14.1. The van der Waals surface area contributed by atoms with Gasteiger partial charge >= 0.3 is 5.69 Å². The lowest BCUT2D eigenvalue weighted by atomic mass is 10.1. The van der Waals surface area contributed by atoms with Crippen molar-refractivity contribution >= 4 is 46.1 Å². The fraction of sp³-hybridized carbons (Fsp3) is 0.344. The third kappa shape index (κ3) is 5.55. The zero-order valence-corrected chi connectivity index (χ0v) is 26.1. The molecule has 4 heterocycles. The van der Waals surface area contributed by atoms with Crippen LogP contribution in [0.3, 0.4) is 0 Å². The van der Waals surface area contributed by atoms with Crippen LogP contribution in [0.2, 0.25) is 5.02 Å². The van der Waals surface area contributed by atoms with E-state index in [1.807, 2.05) is 62.6 Å². The number of hydrogen-bond acceptors (Lipinski definition) is 7. The molecule has 1 saturated heterocycles. The molecule has 0 aliphatic carbocycles. The smallest absolute Gasteiger partial charge is 0.349 e. The Morgan fingerprint density at radius 1 is 1.14 bits per heavy atom. The van der Waals surface area contributed by atoms with Crippen LogP contribution < -0.4 is 10.6 Å². The van der Waals surface area contributed by atoms with Gasteiger partial charge in [-0.15, -0.1) is 11.8 Å². The van der Waals surface area contributed by atoms with Crippen molar-refractivity contribution in [3.05, 3.63) is 93.8 Å². The zero-order valence-electron chi connectivity index (χ0n) is 24.5. The van der Waals surface area contributed by atoms with Crippen LogP contribution in [0.25, 0.3) is 16.7 Å². The second-order valence-corrected chi connectivity index (χ2v) is 12.2. The van der Waals surface area contributed by atoms with E-state index < -0.39 is 5.69 Å². The van der Waals surface area contributed by atoms with Gasteiger partial charge in [0.05, 0.1) is 27.5 Å². The summed E-state index contributed by atoms with van der Waals surface area (Å²) in [6.45, 7) is 12.8. The number of thioether (sulfide) groups is 1. The molecule has 1 aliphatic heterocycles. The number of hydrogen-bond donors (Lipinski definition) is 0. The molecule has 10 heteroatoms. The molecule has 0 bridgehead atoms. The molecule has 8 nitrogen and oxygen atoms in total. The topological polar surface area (TPSA) is 84.2 Å². The Balaban J connectivity index is 1.78. The molecule has 0 radical (unpaired) electrons. The van der Waals surface area contributed by atoms with Crippen molar-refractivity contribution in [2.24, 2.45) is 0 Å². The molecule has 0 N–H and O–H groups in total. The number of benzene rings is 1. The fourth-order valence-electron chi connectivity index (χ4n) is 5.59. The lowest BCUT2D eigenvalue weighted by molar-refractivity contribution is -0.128. The van der Waals surface area contributed by atoms with E-state index in [1.54, 1.807) is 27.4 Å². The Morgan fingerprint density at radius 2 is 1.88 bits per heavy atom. The van der Waals surface area contributed by atoms with Crippen LogP contribution in [-0.2, 0) is 11.2 Å². The fourth-order valence-corrected chi connectivity index (χ4v) is 6.39. The van der Waals surface area contributed by atoms with E-state index in [9.17, 15) is 9.59 Å². The number of carbonyl (C=O) groups is 1. The minimum absolute atomic E-state index is 0.0566. The highest BCUT2D eigenvalue weighted by Gasteiger charge is 2.34. The lowest BCUT2D eigenvalue weighted by Crippen LogP contribution is -2.58. The van der Waals surface area contributed by atoms with E-state index in [0.717, 1.165) is 16.2 Å². The first-order valence-corrected chi connectivity index (χ1v) is 15.6. The molecule has 1 aromatic carbocycles. The van der Waals surface area contributed by atoms with Crippen LogP contribution in [0, 0.1) is 0 Å². The van der Waals surface area contributed by atoms with Crippen molar-refractivity contribution in [3.8, 4) is 5.69 Å². The number of piperazine rings is 1. The number of carbonyl (C=O) groups excluding carboxylic acids is 1. The van der Waals surface area contributed by atoms with Crippen LogP contribution in [0.15, 0.2) is 71.0 Å². The number of amides is 1. The largest absolute Gasteiger partial charge is 0.355 e. The number of aromatic nitrogens is 4. The van der Waals surface area contributed by atoms with Gasteiger partial charge in [-0.1, -0.05) is 62.4 Å². The van der Waals surface area contributed by atoms with Gasteiger partial charge in [-0.2, -0.15) is 4.98 Å². The van der Waals surface area contributed by atoms with E-state index in [1.165, 1.54) is 6.08 Å². The van der Waals surface area contributed by atoms with Crippen molar-refractivity contribution in [1.82, 2.24) is 24.4 Å². The number of halogens is 1. The standard InChI is InChI=1S/C32H35ClN6O2S/c1-7-27(40)37-17-21(5)38(18-20(37)4)30-23-16-24(33)25(15-22-11-9-8-10-12-22)35-31(23)39(32(41)36-30)29-26(42-6)13-14-34-28(29)19(2)3/h7-14,16,19-21H,1,15,17-18H2,2-6H3/t20-,21+/m1/s1. The molecule has 5 rings (SSSR count). The second kappa shape index (κ2) is 12.3. The van der Waals surface area contributed by atoms with E-state index in [-0.39, 0.29) is 23.9 Å². The zero-order chi connectivity index (χ0) is 30.1. The average Bonchev–Trinajstić information content (AvgIpc) is 2.98. The van der Waals surface area contributed by atoms with Gasteiger partial charge in [-0.25, -0.2) is 14.3 Å². The molecule has 0 unspecified atom stereocenters. The number of nitrogens with zero attached hydrogens (tertiary/aromatic N) is 6. The van der Waals surface area contributed by atoms with Gasteiger partial charge < -0.3 is 9.80 Å². The quantitative estimate of drug-likeness (QED) is 0.193. The predicted octanol–water partition coefficient (Wildman–Crippen LogP) is 5.88. The number of fused-ring (bicyclic) bond motifs is 1. The Kier molecular flexibility index (Phi) is 8.70. The van der Waals surface area contributed by atoms with Crippen molar-refractivity contribution in [2.45, 2.75) is 57.0 Å². The number of pyridine rings is 2. The van der Waals surface area contributed by atoms with Gasteiger partial charge in [-0.3, -0.25) is 9.78 Å². The highest BCUT2D eigenvalue weighted by Crippen LogP contribution is 2.35. The summed E-state index contributed by atoms with van der Waals surface area (Å²) in [5.74, 6) is 0.457. The van der Waals surface area contributed by atoms with Crippen LogP contribution in [0.1, 0.15) is 50.6 Å². The van der Waals surface area contributed by atoms with Crippen LogP contribution in [0.5, 0.6) is 0 Å². The molecule has 0 saturated carbocycles. The van der Waals surface area contributed by atoms with Gasteiger partial charge in [0.1, 0.15) is 5.82 Å². The third-order valence-corrected chi connectivity index (χ3v) is 8.81. The predicted molar refractivity (Wildman–Crippen MR) is 171 cm³/mol. The monoisotopic (exact) mass is 602 g/mol. The van der Waals surface area contributed by atoms with E-state index in [0.29, 0.717) is 52.8 Å².